The molecule has 14 heavy (non-hydrogen) atoms. The SMILES string of the molecule is CC(C)(C)CNC(=O)C(Br)C(C)(C)C. The molecule has 0 saturated carbocycles. The summed E-state index contributed by atoms with van der Waals surface area (Å²) in [5.74, 6) is 0.0763. The van der Waals surface area contributed by atoms with Crippen molar-refractivity contribution in [2.45, 2.75) is 46.4 Å². The van der Waals surface area contributed by atoms with Crippen molar-refractivity contribution in [2.75, 3.05) is 6.54 Å². The summed E-state index contributed by atoms with van der Waals surface area (Å²) in [6, 6.07) is 0. The van der Waals surface area contributed by atoms with Crippen LogP contribution in [0.3, 0.4) is 0 Å². The van der Waals surface area contributed by atoms with E-state index in [9.17, 15) is 4.79 Å². The summed E-state index contributed by atoms with van der Waals surface area (Å²) in [5.41, 5.74) is 0.0994. The molecule has 3 heteroatoms. The van der Waals surface area contributed by atoms with Crippen LogP contribution in [0.1, 0.15) is 41.5 Å². The molecule has 0 radical (unpaired) electrons. The topological polar surface area (TPSA) is 29.1 Å². The number of carbonyl (C=O) groups excluding carboxylic acids is 1. The van der Waals surface area contributed by atoms with Crippen molar-refractivity contribution in [3.05, 3.63) is 0 Å². The molecule has 0 rings (SSSR count). The predicted molar refractivity (Wildman–Crippen MR) is 64.6 cm³/mol. The van der Waals surface area contributed by atoms with Gasteiger partial charge in [-0.15, -0.1) is 0 Å². The highest BCUT2D eigenvalue weighted by molar-refractivity contribution is 9.10. The maximum Gasteiger partial charge on any atom is 0.234 e. The van der Waals surface area contributed by atoms with Crippen LogP contribution in [0, 0.1) is 10.8 Å². The number of nitrogens with one attached hydrogen (secondary N) is 1. The second-order valence-electron chi connectivity index (χ2n) is 6.01. The third-order valence-electron chi connectivity index (χ3n) is 1.78. The Labute approximate surface area is 96.0 Å². The average Bonchev–Trinajstić information content (AvgIpc) is 1.95. The van der Waals surface area contributed by atoms with Gasteiger partial charge in [0.1, 0.15) is 0 Å². The average molecular weight is 264 g/mol. The van der Waals surface area contributed by atoms with Crippen LogP contribution in [-0.4, -0.2) is 17.3 Å². The molecule has 0 saturated heterocycles. The zero-order valence-electron chi connectivity index (χ0n) is 10.1. The summed E-state index contributed by atoms with van der Waals surface area (Å²) in [4.78, 5) is 11.6. The lowest BCUT2D eigenvalue weighted by Crippen LogP contribution is -2.41. The van der Waals surface area contributed by atoms with Gasteiger partial charge in [0.05, 0.1) is 4.83 Å². The van der Waals surface area contributed by atoms with Crippen molar-refractivity contribution < 1.29 is 4.79 Å². The minimum absolute atomic E-state index is 0.0397. The number of hydrogen-bond acceptors (Lipinski definition) is 1. The van der Waals surface area contributed by atoms with Gasteiger partial charge in [0.2, 0.25) is 5.91 Å². The summed E-state index contributed by atoms with van der Waals surface area (Å²) in [6.45, 7) is 13.2. The van der Waals surface area contributed by atoms with E-state index in [-0.39, 0.29) is 21.6 Å². The first-order valence-electron chi connectivity index (χ1n) is 4.96. The fourth-order valence-corrected chi connectivity index (χ4v) is 0.997. The molecule has 84 valence electrons. The fraction of sp³-hybridized carbons (Fsp3) is 0.909. The molecule has 0 aliphatic carbocycles. The highest BCUT2D eigenvalue weighted by Gasteiger charge is 2.28. The number of hydrogen-bond donors (Lipinski definition) is 1. The first-order valence-corrected chi connectivity index (χ1v) is 5.87. The van der Waals surface area contributed by atoms with E-state index in [0.29, 0.717) is 6.54 Å². The summed E-state index contributed by atoms with van der Waals surface area (Å²) in [5, 5.41) is 2.94. The summed E-state index contributed by atoms with van der Waals surface area (Å²) < 4.78 is 0. The van der Waals surface area contributed by atoms with Crippen LogP contribution in [0.25, 0.3) is 0 Å². The number of rotatable bonds is 2. The Kier molecular flexibility index (Phi) is 4.63. The fourth-order valence-electron chi connectivity index (χ4n) is 0.835. The number of carbonyl (C=O) groups is 1. The van der Waals surface area contributed by atoms with Crippen molar-refractivity contribution in [3.8, 4) is 0 Å². The Morgan fingerprint density at radius 3 is 1.93 bits per heavy atom. The summed E-state index contributed by atoms with van der Waals surface area (Å²) in [6.07, 6.45) is 0. The molecule has 0 bridgehead atoms. The zero-order chi connectivity index (χ0) is 11.6. The van der Waals surface area contributed by atoms with E-state index in [1.165, 1.54) is 0 Å². The van der Waals surface area contributed by atoms with Gasteiger partial charge in [-0.3, -0.25) is 4.79 Å². The zero-order valence-corrected chi connectivity index (χ0v) is 11.7. The van der Waals surface area contributed by atoms with Gasteiger partial charge in [-0.05, 0) is 10.8 Å². The minimum atomic E-state index is -0.127. The lowest BCUT2D eigenvalue weighted by Gasteiger charge is -2.26. The van der Waals surface area contributed by atoms with Gasteiger partial charge in [0.25, 0.3) is 0 Å². The molecular weight excluding hydrogens is 242 g/mol. The van der Waals surface area contributed by atoms with Gasteiger partial charge in [-0.25, -0.2) is 0 Å². The highest BCUT2D eigenvalue weighted by atomic mass is 79.9. The first-order chi connectivity index (χ1) is 6.04. The van der Waals surface area contributed by atoms with Crippen molar-refractivity contribution in [1.29, 1.82) is 0 Å². The Balaban J connectivity index is 4.11. The molecular formula is C11H22BrNO. The molecule has 0 aromatic carbocycles. The molecule has 0 heterocycles. The van der Waals surface area contributed by atoms with Crippen molar-refractivity contribution in [1.82, 2.24) is 5.32 Å². The quantitative estimate of drug-likeness (QED) is 0.763. The van der Waals surface area contributed by atoms with Gasteiger partial charge in [0.15, 0.2) is 0 Å². The Bertz CT molecular complexity index is 200. The highest BCUT2D eigenvalue weighted by Crippen LogP contribution is 2.26. The first kappa shape index (κ1) is 13.9. The van der Waals surface area contributed by atoms with Crippen molar-refractivity contribution in [3.63, 3.8) is 0 Å². The van der Waals surface area contributed by atoms with E-state index in [4.69, 9.17) is 0 Å². The van der Waals surface area contributed by atoms with E-state index in [1.54, 1.807) is 0 Å². The van der Waals surface area contributed by atoms with Crippen LogP contribution in [0.5, 0.6) is 0 Å². The van der Waals surface area contributed by atoms with Crippen LogP contribution in [0.15, 0.2) is 0 Å². The largest absolute Gasteiger partial charge is 0.355 e. The smallest absolute Gasteiger partial charge is 0.234 e. The predicted octanol–water partition coefficient (Wildman–Crippen LogP) is 2.96. The number of amides is 1. The van der Waals surface area contributed by atoms with Crippen molar-refractivity contribution in [2.24, 2.45) is 10.8 Å². The maximum absolute atomic E-state index is 11.7. The third-order valence-corrected chi connectivity index (χ3v) is 3.57. The maximum atomic E-state index is 11.7. The van der Waals surface area contributed by atoms with Crippen LogP contribution in [0.2, 0.25) is 0 Å². The van der Waals surface area contributed by atoms with E-state index in [2.05, 4.69) is 42.0 Å². The minimum Gasteiger partial charge on any atom is -0.355 e. The lowest BCUT2D eigenvalue weighted by molar-refractivity contribution is -0.122. The Morgan fingerprint density at radius 2 is 1.64 bits per heavy atom. The molecule has 0 aromatic rings. The van der Waals surface area contributed by atoms with Gasteiger partial charge in [-0.1, -0.05) is 57.5 Å². The molecule has 1 N–H and O–H groups in total. The second-order valence-corrected chi connectivity index (χ2v) is 6.92. The summed E-state index contributed by atoms with van der Waals surface area (Å²) >= 11 is 3.42. The van der Waals surface area contributed by atoms with E-state index in [1.807, 2.05) is 20.8 Å². The van der Waals surface area contributed by atoms with E-state index < -0.39 is 0 Å². The van der Waals surface area contributed by atoms with Crippen LogP contribution in [0.4, 0.5) is 0 Å². The van der Waals surface area contributed by atoms with Gasteiger partial charge < -0.3 is 5.32 Å². The van der Waals surface area contributed by atoms with Gasteiger partial charge >= 0.3 is 0 Å². The molecule has 0 aromatic heterocycles. The van der Waals surface area contributed by atoms with Gasteiger partial charge in [-0.2, -0.15) is 0 Å². The van der Waals surface area contributed by atoms with Crippen molar-refractivity contribution >= 4 is 21.8 Å². The van der Waals surface area contributed by atoms with Crippen LogP contribution < -0.4 is 5.32 Å². The Hall–Kier alpha value is -0.0500. The summed E-state index contributed by atoms with van der Waals surface area (Å²) in [7, 11) is 0. The molecule has 0 aliphatic heterocycles. The molecule has 1 unspecified atom stereocenters. The monoisotopic (exact) mass is 263 g/mol. The van der Waals surface area contributed by atoms with E-state index in [0.717, 1.165) is 0 Å². The van der Waals surface area contributed by atoms with E-state index >= 15 is 0 Å². The lowest BCUT2D eigenvalue weighted by atomic mass is 9.91. The molecule has 0 fully saturated rings. The van der Waals surface area contributed by atoms with Gasteiger partial charge in [0, 0.05) is 6.54 Å². The van der Waals surface area contributed by atoms with Crippen LogP contribution >= 0.6 is 15.9 Å². The standard InChI is InChI=1S/C11H22BrNO/c1-10(2,3)7-13-9(14)8(12)11(4,5)6/h8H,7H2,1-6H3,(H,13,14). The second kappa shape index (κ2) is 4.65. The normalized spacial score (nSPS) is 15.1. The Morgan fingerprint density at radius 1 is 1.21 bits per heavy atom. The third kappa shape index (κ3) is 5.63. The molecule has 0 aliphatic rings. The molecule has 2 nitrogen and oxygen atoms in total. The number of halogens is 1. The molecule has 1 atom stereocenters. The molecule has 1 amide bonds. The molecule has 0 spiro atoms. The van der Waals surface area contributed by atoms with Crippen LogP contribution in [-0.2, 0) is 4.79 Å². The number of alkyl halides is 1.